The number of hydrogen-bond acceptors (Lipinski definition) is 6. The van der Waals surface area contributed by atoms with Crippen molar-refractivity contribution in [2.24, 2.45) is 0 Å². The Balaban J connectivity index is 1.66. The average Bonchev–Trinajstić information content (AvgIpc) is 2.78. The number of carbonyl (C=O) groups excluding carboxylic acids is 1. The highest BCUT2D eigenvalue weighted by Gasteiger charge is 2.22. The van der Waals surface area contributed by atoms with Gasteiger partial charge in [0.25, 0.3) is 15.9 Å². The fourth-order valence-electron chi connectivity index (χ4n) is 3.15. The molecule has 168 valence electrons. The summed E-state index contributed by atoms with van der Waals surface area (Å²) >= 11 is 5.93. The largest absolute Gasteiger partial charge is 0.495 e. The Kier molecular flexibility index (Phi) is 6.08. The van der Waals surface area contributed by atoms with E-state index in [1.54, 1.807) is 42.5 Å². The number of rotatable bonds is 6. The quantitative estimate of drug-likeness (QED) is 0.389. The molecule has 0 aliphatic carbocycles. The van der Waals surface area contributed by atoms with Crippen LogP contribution in [0.1, 0.15) is 10.4 Å². The van der Waals surface area contributed by atoms with Crippen LogP contribution in [0.4, 0.5) is 11.4 Å². The second-order valence-corrected chi connectivity index (χ2v) is 9.01. The number of para-hydroxylation sites is 1. The van der Waals surface area contributed by atoms with Crippen molar-refractivity contribution in [2.45, 2.75) is 4.90 Å². The van der Waals surface area contributed by atoms with Gasteiger partial charge in [0.05, 0.1) is 12.8 Å². The van der Waals surface area contributed by atoms with Crippen LogP contribution in [-0.2, 0) is 10.0 Å². The number of benzene rings is 3. The molecule has 2 N–H and O–H groups in total. The summed E-state index contributed by atoms with van der Waals surface area (Å²) in [6.07, 6.45) is 0. The number of anilines is 2. The zero-order valence-electron chi connectivity index (χ0n) is 17.2. The van der Waals surface area contributed by atoms with E-state index in [-0.39, 0.29) is 27.6 Å². The molecule has 0 aliphatic rings. The molecule has 3 aromatic carbocycles. The predicted molar refractivity (Wildman–Crippen MR) is 126 cm³/mol. The summed E-state index contributed by atoms with van der Waals surface area (Å²) in [5.41, 5.74) is -0.280. The van der Waals surface area contributed by atoms with Crippen molar-refractivity contribution < 1.29 is 22.4 Å². The molecule has 0 saturated carbocycles. The SMILES string of the molecule is COc1ccc(NC(=O)c2cc3ccccc3oc2=O)cc1S(=O)(=O)Nc1cccc(Cl)c1. The number of halogens is 1. The maximum absolute atomic E-state index is 13.0. The Bertz CT molecular complexity index is 1530. The number of methoxy groups -OCH3 is 1. The highest BCUT2D eigenvalue weighted by Crippen LogP contribution is 2.29. The molecule has 1 aromatic heterocycles. The molecule has 0 fully saturated rings. The van der Waals surface area contributed by atoms with Crippen molar-refractivity contribution in [3.05, 3.63) is 93.8 Å². The van der Waals surface area contributed by atoms with Gasteiger partial charge in [0, 0.05) is 16.1 Å². The Hall–Kier alpha value is -3.82. The highest BCUT2D eigenvalue weighted by atomic mass is 35.5. The smallest absolute Gasteiger partial charge is 0.349 e. The van der Waals surface area contributed by atoms with Gasteiger partial charge in [0.2, 0.25) is 0 Å². The number of sulfonamides is 1. The summed E-state index contributed by atoms with van der Waals surface area (Å²) in [6, 6.07) is 18.5. The molecule has 4 aromatic rings. The first-order chi connectivity index (χ1) is 15.8. The number of ether oxygens (including phenoxy) is 1. The molecule has 10 heteroatoms. The molecule has 33 heavy (non-hydrogen) atoms. The Labute approximate surface area is 193 Å². The zero-order chi connectivity index (χ0) is 23.6. The Morgan fingerprint density at radius 3 is 2.52 bits per heavy atom. The van der Waals surface area contributed by atoms with Crippen LogP contribution in [0.3, 0.4) is 0 Å². The normalized spacial score (nSPS) is 11.2. The van der Waals surface area contributed by atoms with E-state index in [4.69, 9.17) is 20.8 Å². The van der Waals surface area contributed by atoms with Crippen LogP contribution >= 0.6 is 11.6 Å². The fourth-order valence-corrected chi connectivity index (χ4v) is 4.58. The monoisotopic (exact) mass is 484 g/mol. The lowest BCUT2D eigenvalue weighted by atomic mass is 10.1. The predicted octanol–water partition coefficient (Wildman–Crippen LogP) is 4.51. The fraction of sp³-hybridized carbons (Fsp3) is 0.0435. The van der Waals surface area contributed by atoms with E-state index >= 15 is 0 Å². The van der Waals surface area contributed by atoms with Gasteiger partial charge in [-0.2, -0.15) is 0 Å². The van der Waals surface area contributed by atoms with Gasteiger partial charge in [0.1, 0.15) is 21.8 Å². The number of hydrogen-bond donors (Lipinski definition) is 2. The van der Waals surface area contributed by atoms with Gasteiger partial charge >= 0.3 is 5.63 Å². The topological polar surface area (TPSA) is 115 Å². The zero-order valence-corrected chi connectivity index (χ0v) is 18.7. The molecule has 0 radical (unpaired) electrons. The highest BCUT2D eigenvalue weighted by molar-refractivity contribution is 7.92. The van der Waals surface area contributed by atoms with Crippen molar-refractivity contribution in [3.8, 4) is 5.75 Å². The van der Waals surface area contributed by atoms with E-state index < -0.39 is 21.6 Å². The third kappa shape index (κ3) is 4.84. The molecule has 0 saturated heterocycles. The van der Waals surface area contributed by atoms with E-state index in [9.17, 15) is 18.0 Å². The summed E-state index contributed by atoms with van der Waals surface area (Å²) in [7, 11) is -2.77. The van der Waals surface area contributed by atoms with E-state index in [1.165, 1.54) is 37.4 Å². The first kappa shape index (κ1) is 22.4. The third-order valence-corrected chi connectivity index (χ3v) is 6.31. The lowest BCUT2D eigenvalue weighted by Gasteiger charge is -2.14. The maximum Gasteiger partial charge on any atom is 0.349 e. The second-order valence-electron chi connectivity index (χ2n) is 6.92. The average molecular weight is 485 g/mol. The first-order valence-corrected chi connectivity index (χ1v) is 11.4. The molecule has 0 unspecified atom stereocenters. The van der Waals surface area contributed by atoms with Crippen LogP contribution in [0, 0.1) is 0 Å². The van der Waals surface area contributed by atoms with Crippen molar-refractivity contribution in [3.63, 3.8) is 0 Å². The first-order valence-electron chi connectivity index (χ1n) is 9.57. The van der Waals surface area contributed by atoms with Gasteiger partial charge in [-0.25, -0.2) is 13.2 Å². The van der Waals surface area contributed by atoms with Crippen LogP contribution in [0.25, 0.3) is 11.0 Å². The molecule has 0 atom stereocenters. The van der Waals surface area contributed by atoms with Crippen LogP contribution < -0.4 is 20.4 Å². The van der Waals surface area contributed by atoms with Crippen molar-refractivity contribution in [1.29, 1.82) is 0 Å². The summed E-state index contributed by atoms with van der Waals surface area (Å²) in [6.45, 7) is 0. The lowest BCUT2D eigenvalue weighted by molar-refractivity contribution is 0.102. The van der Waals surface area contributed by atoms with Crippen LogP contribution in [0.2, 0.25) is 5.02 Å². The molecular formula is C23H17ClN2O6S. The summed E-state index contributed by atoms with van der Waals surface area (Å²) in [5, 5.41) is 3.47. The molecule has 4 rings (SSSR count). The molecule has 0 spiro atoms. The van der Waals surface area contributed by atoms with E-state index in [0.717, 1.165) is 0 Å². The lowest BCUT2D eigenvalue weighted by Crippen LogP contribution is -2.21. The standard InChI is InChI=1S/C23H17ClN2O6S/c1-31-20-10-9-16(13-21(20)33(29,30)26-17-7-4-6-15(24)12-17)25-22(27)18-11-14-5-2-3-8-19(14)32-23(18)28/h2-13,26H,1H3,(H,25,27). The van der Waals surface area contributed by atoms with E-state index in [2.05, 4.69) is 10.0 Å². The van der Waals surface area contributed by atoms with Crippen molar-refractivity contribution in [1.82, 2.24) is 0 Å². The molecule has 0 bridgehead atoms. The van der Waals surface area contributed by atoms with Gasteiger partial charge in [-0.3, -0.25) is 9.52 Å². The van der Waals surface area contributed by atoms with E-state index in [1.807, 2.05) is 0 Å². The van der Waals surface area contributed by atoms with Crippen molar-refractivity contribution >= 4 is 49.9 Å². The Morgan fingerprint density at radius 2 is 1.76 bits per heavy atom. The van der Waals surface area contributed by atoms with Gasteiger partial charge in [0.15, 0.2) is 0 Å². The number of fused-ring (bicyclic) bond motifs is 1. The number of carbonyl (C=O) groups is 1. The minimum absolute atomic E-state index is 0.0627. The van der Waals surface area contributed by atoms with E-state index in [0.29, 0.717) is 16.0 Å². The van der Waals surface area contributed by atoms with Crippen LogP contribution in [0.5, 0.6) is 5.75 Å². The second kappa shape index (κ2) is 8.97. The third-order valence-electron chi connectivity index (χ3n) is 4.67. The summed E-state index contributed by atoms with van der Waals surface area (Å²) in [4.78, 5) is 24.8. The van der Waals surface area contributed by atoms with Crippen LogP contribution in [0.15, 0.2) is 86.9 Å². The van der Waals surface area contributed by atoms with Crippen molar-refractivity contribution in [2.75, 3.05) is 17.1 Å². The molecule has 1 heterocycles. The summed E-state index contributed by atoms with van der Waals surface area (Å²) < 4.78 is 38.8. The minimum Gasteiger partial charge on any atom is -0.495 e. The minimum atomic E-state index is -4.10. The van der Waals surface area contributed by atoms with Gasteiger partial charge < -0.3 is 14.5 Å². The maximum atomic E-state index is 13.0. The molecule has 1 amide bonds. The molecule has 0 aliphatic heterocycles. The van der Waals surface area contributed by atoms with Gasteiger partial charge in [-0.15, -0.1) is 0 Å². The van der Waals surface area contributed by atoms with Gasteiger partial charge in [-0.05, 0) is 48.5 Å². The van der Waals surface area contributed by atoms with Gasteiger partial charge in [-0.1, -0.05) is 35.9 Å². The number of nitrogens with one attached hydrogen (secondary N) is 2. The molecule has 8 nitrogen and oxygen atoms in total. The Morgan fingerprint density at radius 1 is 0.970 bits per heavy atom. The molecular weight excluding hydrogens is 468 g/mol. The summed E-state index contributed by atoms with van der Waals surface area (Å²) in [5.74, 6) is -0.682. The van der Waals surface area contributed by atoms with Crippen LogP contribution in [-0.4, -0.2) is 21.4 Å². The number of amides is 1.